The molecule has 1 fully saturated rings. The fourth-order valence-electron chi connectivity index (χ4n) is 5.10. The van der Waals surface area contributed by atoms with Crippen molar-refractivity contribution in [1.82, 2.24) is 4.90 Å². The maximum Gasteiger partial charge on any atom is 0.171 e. The Morgan fingerprint density at radius 1 is 1.03 bits per heavy atom. The molecule has 0 aromatic heterocycles. The third-order valence-electron chi connectivity index (χ3n) is 7.12. The lowest BCUT2D eigenvalue weighted by Gasteiger charge is -2.31. The van der Waals surface area contributed by atoms with E-state index in [4.69, 9.17) is 14.6 Å². The second-order valence-electron chi connectivity index (χ2n) is 9.85. The molecule has 5 rings (SSSR count). The molecule has 192 valence electrons. The van der Waals surface area contributed by atoms with Gasteiger partial charge < -0.3 is 19.7 Å². The van der Waals surface area contributed by atoms with Crippen LogP contribution in [0.4, 0.5) is 4.39 Å². The molecule has 36 heavy (non-hydrogen) atoms. The summed E-state index contributed by atoms with van der Waals surface area (Å²) in [6, 6.07) is 20.8. The number of likely N-dealkylation sites (tertiary alicyclic amines) is 1. The molecule has 2 unspecified atom stereocenters. The van der Waals surface area contributed by atoms with Crippen LogP contribution in [0, 0.1) is 5.82 Å². The van der Waals surface area contributed by atoms with Crippen LogP contribution in [-0.2, 0) is 0 Å². The maximum atomic E-state index is 14.3. The predicted molar refractivity (Wildman–Crippen MR) is 139 cm³/mol. The van der Waals surface area contributed by atoms with E-state index in [1.54, 1.807) is 30.3 Å². The fourth-order valence-corrected chi connectivity index (χ4v) is 5.10. The van der Waals surface area contributed by atoms with Crippen molar-refractivity contribution in [3.63, 3.8) is 0 Å². The van der Waals surface area contributed by atoms with Crippen molar-refractivity contribution in [1.29, 1.82) is 0 Å². The summed E-state index contributed by atoms with van der Waals surface area (Å²) in [7, 11) is 0. The van der Waals surface area contributed by atoms with E-state index in [9.17, 15) is 9.50 Å². The lowest BCUT2D eigenvalue weighted by atomic mass is 9.88. The second kappa shape index (κ2) is 11.7. The standard InChI is InChI=1S/C24H30FNO3.C6H6O/c1-15-13-22(29-21-11-10-20(27)24(25)23(15)21)18-6-8-19(9-7-18)28-14-17(3)26-12-4-5-16(26)2;7-6-4-2-1-3-5-6/h6-11,15-17,22,27H,4-5,12-14H2,1-3H3;1-5,7H/t15-,16?,17?,22+;/m0./s1. The van der Waals surface area contributed by atoms with Gasteiger partial charge in [-0.2, -0.15) is 0 Å². The van der Waals surface area contributed by atoms with Crippen molar-refractivity contribution < 1.29 is 24.1 Å². The van der Waals surface area contributed by atoms with Crippen LogP contribution >= 0.6 is 0 Å². The Morgan fingerprint density at radius 2 is 1.75 bits per heavy atom. The quantitative estimate of drug-likeness (QED) is 0.409. The number of aromatic hydroxyl groups is 2. The molecule has 0 saturated carbocycles. The first-order chi connectivity index (χ1) is 17.3. The van der Waals surface area contributed by atoms with Gasteiger partial charge in [0, 0.05) is 17.6 Å². The summed E-state index contributed by atoms with van der Waals surface area (Å²) < 4.78 is 26.3. The van der Waals surface area contributed by atoms with Crippen LogP contribution in [0.2, 0.25) is 0 Å². The number of fused-ring (bicyclic) bond motifs is 1. The number of ether oxygens (including phenoxy) is 2. The number of hydrogen-bond acceptors (Lipinski definition) is 5. The minimum atomic E-state index is -0.571. The first-order valence-electron chi connectivity index (χ1n) is 12.7. The number of phenols is 2. The molecule has 3 aromatic carbocycles. The summed E-state index contributed by atoms with van der Waals surface area (Å²) in [6.07, 6.45) is 3.06. The van der Waals surface area contributed by atoms with Crippen molar-refractivity contribution in [2.24, 2.45) is 0 Å². The molecule has 5 nitrogen and oxygen atoms in total. The normalized spacial score (nSPS) is 22.1. The monoisotopic (exact) mass is 493 g/mol. The fraction of sp³-hybridized carbons (Fsp3) is 0.400. The Bertz CT molecular complexity index is 1120. The highest BCUT2D eigenvalue weighted by Gasteiger charge is 2.30. The summed E-state index contributed by atoms with van der Waals surface area (Å²) in [5.74, 6) is 0.763. The molecule has 0 spiro atoms. The van der Waals surface area contributed by atoms with Crippen molar-refractivity contribution >= 4 is 0 Å². The Labute approximate surface area is 213 Å². The van der Waals surface area contributed by atoms with Crippen LogP contribution in [-0.4, -0.2) is 40.3 Å². The van der Waals surface area contributed by atoms with Crippen LogP contribution in [0.15, 0.2) is 66.7 Å². The average Bonchev–Trinajstić information content (AvgIpc) is 3.31. The smallest absolute Gasteiger partial charge is 0.171 e. The van der Waals surface area contributed by atoms with Crippen LogP contribution in [0.5, 0.6) is 23.0 Å². The van der Waals surface area contributed by atoms with Gasteiger partial charge in [-0.25, -0.2) is 4.39 Å². The number of rotatable bonds is 5. The van der Waals surface area contributed by atoms with Crippen LogP contribution in [0.3, 0.4) is 0 Å². The van der Waals surface area contributed by atoms with E-state index in [2.05, 4.69) is 18.7 Å². The number of nitrogens with zero attached hydrogens (tertiary/aromatic N) is 1. The molecule has 2 N–H and O–H groups in total. The molecule has 0 radical (unpaired) electrons. The van der Waals surface area contributed by atoms with E-state index >= 15 is 0 Å². The van der Waals surface area contributed by atoms with Gasteiger partial charge in [-0.05, 0) is 87.5 Å². The van der Waals surface area contributed by atoms with Gasteiger partial charge in [0.15, 0.2) is 11.6 Å². The Hall–Kier alpha value is -3.25. The number of para-hydroxylation sites is 1. The van der Waals surface area contributed by atoms with Gasteiger partial charge in [-0.15, -0.1) is 0 Å². The van der Waals surface area contributed by atoms with E-state index in [1.807, 2.05) is 37.3 Å². The molecule has 1 saturated heterocycles. The zero-order valence-electron chi connectivity index (χ0n) is 21.2. The van der Waals surface area contributed by atoms with E-state index in [0.29, 0.717) is 42.2 Å². The number of hydrogen-bond donors (Lipinski definition) is 2. The lowest BCUT2D eigenvalue weighted by Crippen LogP contribution is -2.39. The van der Waals surface area contributed by atoms with E-state index in [1.165, 1.54) is 18.9 Å². The molecule has 3 aromatic rings. The number of benzene rings is 3. The highest BCUT2D eigenvalue weighted by molar-refractivity contribution is 5.45. The van der Waals surface area contributed by atoms with Gasteiger partial charge >= 0.3 is 0 Å². The maximum absolute atomic E-state index is 14.3. The van der Waals surface area contributed by atoms with Gasteiger partial charge in [-0.3, -0.25) is 4.90 Å². The Morgan fingerprint density at radius 3 is 2.36 bits per heavy atom. The second-order valence-corrected chi connectivity index (χ2v) is 9.85. The van der Waals surface area contributed by atoms with Crippen LogP contribution in [0.25, 0.3) is 0 Å². The van der Waals surface area contributed by atoms with Gasteiger partial charge in [0.2, 0.25) is 0 Å². The highest BCUT2D eigenvalue weighted by atomic mass is 19.1. The van der Waals surface area contributed by atoms with Crippen LogP contribution < -0.4 is 9.47 Å². The van der Waals surface area contributed by atoms with E-state index in [0.717, 1.165) is 17.9 Å². The third-order valence-corrected chi connectivity index (χ3v) is 7.12. The number of phenolic OH excluding ortho intramolecular Hbond substituents is 2. The van der Waals surface area contributed by atoms with E-state index < -0.39 is 5.82 Å². The van der Waals surface area contributed by atoms with Crippen molar-refractivity contribution in [3.05, 3.63) is 83.7 Å². The van der Waals surface area contributed by atoms with Crippen LogP contribution in [0.1, 0.15) is 63.2 Å². The van der Waals surface area contributed by atoms with Gasteiger partial charge in [0.25, 0.3) is 0 Å². The van der Waals surface area contributed by atoms with Crippen molar-refractivity contribution in [3.8, 4) is 23.0 Å². The SMILES string of the molecule is CC1CCCN1C(C)COc1ccc([C@H]2C[C@H](C)c3c(ccc(O)c3F)O2)cc1.Oc1ccccc1. The molecule has 6 heteroatoms. The molecular weight excluding hydrogens is 457 g/mol. The summed E-state index contributed by atoms with van der Waals surface area (Å²) in [6.45, 7) is 8.31. The summed E-state index contributed by atoms with van der Waals surface area (Å²) in [5.41, 5.74) is 1.51. The minimum absolute atomic E-state index is 0.0323. The highest BCUT2D eigenvalue weighted by Crippen LogP contribution is 2.45. The lowest BCUT2D eigenvalue weighted by molar-refractivity contribution is 0.141. The molecule has 0 bridgehead atoms. The first kappa shape index (κ1) is 25.8. The molecular formula is C30H36FNO4. The van der Waals surface area contributed by atoms with Crippen molar-refractivity contribution in [2.75, 3.05) is 13.2 Å². The first-order valence-corrected chi connectivity index (χ1v) is 12.7. The topological polar surface area (TPSA) is 62.2 Å². The largest absolute Gasteiger partial charge is 0.508 e. The summed E-state index contributed by atoms with van der Waals surface area (Å²) >= 11 is 0. The molecule has 4 atom stereocenters. The Kier molecular flexibility index (Phi) is 8.36. The van der Waals surface area contributed by atoms with Gasteiger partial charge in [0.1, 0.15) is 30.0 Å². The summed E-state index contributed by atoms with van der Waals surface area (Å²) in [4.78, 5) is 2.51. The zero-order valence-corrected chi connectivity index (χ0v) is 21.2. The van der Waals surface area contributed by atoms with Crippen molar-refractivity contribution in [2.45, 2.75) is 64.1 Å². The summed E-state index contributed by atoms with van der Waals surface area (Å²) in [5, 5.41) is 18.3. The molecule has 2 aliphatic heterocycles. The third kappa shape index (κ3) is 6.11. The Balaban J connectivity index is 0.000000375. The molecule has 2 heterocycles. The zero-order chi connectivity index (χ0) is 25.7. The molecule has 0 amide bonds. The molecule has 2 aliphatic rings. The predicted octanol–water partition coefficient (Wildman–Crippen LogP) is 6.80. The van der Waals surface area contributed by atoms with Gasteiger partial charge in [0.05, 0.1) is 0 Å². The molecule has 0 aliphatic carbocycles. The van der Waals surface area contributed by atoms with E-state index in [-0.39, 0.29) is 17.8 Å². The average molecular weight is 494 g/mol. The number of halogens is 1. The van der Waals surface area contributed by atoms with Gasteiger partial charge in [-0.1, -0.05) is 37.3 Å². The minimum Gasteiger partial charge on any atom is -0.508 e.